The van der Waals surface area contributed by atoms with Gasteiger partial charge in [-0.25, -0.2) is 0 Å². The van der Waals surface area contributed by atoms with Crippen molar-refractivity contribution in [3.8, 4) is 0 Å². The van der Waals surface area contributed by atoms with Gasteiger partial charge in [-0.05, 0) is 43.1 Å². The van der Waals surface area contributed by atoms with E-state index >= 15 is 0 Å². The highest BCUT2D eigenvalue weighted by atomic mass is 16.2. The van der Waals surface area contributed by atoms with Crippen molar-refractivity contribution < 1.29 is 9.59 Å². The fraction of sp³-hybridized carbons (Fsp3) is 0.212. The van der Waals surface area contributed by atoms with E-state index in [1.165, 1.54) is 0 Å². The third kappa shape index (κ3) is 3.06. The lowest BCUT2D eigenvalue weighted by Gasteiger charge is -2.37. The summed E-state index contributed by atoms with van der Waals surface area (Å²) in [7, 11) is 0. The number of fused-ring (bicyclic) bond motifs is 4. The van der Waals surface area contributed by atoms with Gasteiger partial charge in [-0.1, -0.05) is 97.1 Å². The summed E-state index contributed by atoms with van der Waals surface area (Å²) in [5.74, 6) is -0.587. The first-order chi connectivity index (χ1) is 18.2. The highest BCUT2D eigenvalue weighted by Gasteiger charge is 2.70. The second kappa shape index (κ2) is 8.53. The number of amides is 1. The molecule has 1 spiro atoms. The maximum atomic E-state index is 15.0. The van der Waals surface area contributed by atoms with Gasteiger partial charge < -0.3 is 0 Å². The Hall–Kier alpha value is -4.02. The first-order valence-corrected chi connectivity index (χ1v) is 13.1. The Morgan fingerprint density at radius 1 is 0.757 bits per heavy atom. The van der Waals surface area contributed by atoms with Gasteiger partial charge in [-0.15, -0.1) is 0 Å². The third-order valence-electron chi connectivity index (χ3n) is 8.60. The number of carbonyl (C=O) groups excluding carboxylic acids is 2. The molecule has 4 aromatic rings. The fourth-order valence-corrected chi connectivity index (χ4v) is 7.29. The SMILES string of the molecule is O=C(c1ccccc1)C1C(c2ccccc2)C2CCCN2C12C(=O)N(c1ccccc1)c1ccccc12. The second-order valence-electron chi connectivity index (χ2n) is 10.3. The van der Waals surface area contributed by atoms with Crippen molar-refractivity contribution in [2.24, 2.45) is 5.92 Å². The number of hydrogen-bond donors (Lipinski definition) is 0. The molecule has 0 radical (unpaired) electrons. The lowest BCUT2D eigenvalue weighted by Crippen LogP contribution is -2.54. The highest BCUT2D eigenvalue weighted by molar-refractivity contribution is 6.17. The van der Waals surface area contributed by atoms with Gasteiger partial charge in [0.05, 0.1) is 11.6 Å². The Bertz CT molecular complexity index is 1470. The predicted molar refractivity (Wildman–Crippen MR) is 145 cm³/mol. The molecule has 4 unspecified atom stereocenters. The smallest absolute Gasteiger partial charge is 0.257 e. The Balaban J connectivity index is 1.51. The minimum atomic E-state index is -1.05. The lowest BCUT2D eigenvalue weighted by molar-refractivity contribution is -0.129. The Morgan fingerprint density at radius 2 is 1.38 bits per heavy atom. The van der Waals surface area contributed by atoms with Crippen LogP contribution in [-0.2, 0) is 10.3 Å². The van der Waals surface area contributed by atoms with E-state index in [0.29, 0.717) is 5.56 Å². The number of carbonyl (C=O) groups is 2. The van der Waals surface area contributed by atoms with E-state index in [0.717, 1.165) is 41.9 Å². The average molecular weight is 485 g/mol. The molecule has 3 aliphatic rings. The fourth-order valence-electron chi connectivity index (χ4n) is 7.29. The summed E-state index contributed by atoms with van der Waals surface area (Å²) >= 11 is 0. The molecule has 4 aromatic carbocycles. The first-order valence-electron chi connectivity index (χ1n) is 13.1. The van der Waals surface area contributed by atoms with Gasteiger partial charge in [0.2, 0.25) is 0 Å². The quantitative estimate of drug-likeness (QED) is 0.318. The molecule has 3 heterocycles. The van der Waals surface area contributed by atoms with Crippen molar-refractivity contribution in [2.75, 3.05) is 11.4 Å². The number of ketones is 1. The normalized spacial score (nSPS) is 26.4. The van der Waals surface area contributed by atoms with Crippen molar-refractivity contribution in [3.05, 3.63) is 132 Å². The van der Waals surface area contributed by atoms with Gasteiger partial charge in [0.15, 0.2) is 5.78 Å². The van der Waals surface area contributed by atoms with Gasteiger partial charge >= 0.3 is 0 Å². The molecule has 1 amide bonds. The van der Waals surface area contributed by atoms with Crippen LogP contribution in [0.3, 0.4) is 0 Å². The largest absolute Gasteiger partial charge is 0.294 e. The standard InChI is InChI=1S/C33H28N2O2/c36-31(24-15-6-2-7-16-24)30-29(23-13-4-1-5-14-23)28-21-12-22-34(28)33(30)26-19-10-11-20-27(26)35(32(33)37)25-17-8-3-9-18-25/h1-11,13-20,28-30H,12,21-22H2. The van der Waals surface area contributed by atoms with Crippen LogP contribution >= 0.6 is 0 Å². The van der Waals surface area contributed by atoms with E-state index < -0.39 is 11.5 Å². The van der Waals surface area contributed by atoms with E-state index in [9.17, 15) is 9.59 Å². The van der Waals surface area contributed by atoms with Crippen LogP contribution in [-0.4, -0.2) is 29.2 Å². The predicted octanol–water partition coefficient (Wildman–Crippen LogP) is 6.32. The van der Waals surface area contributed by atoms with Crippen molar-refractivity contribution >= 4 is 23.1 Å². The van der Waals surface area contributed by atoms with E-state index in [-0.39, 0.29) is 23.7 Å². The molecule has 2 fully saturated rings. The molecule has 7 rings (SSSR count). The molecular weight excluding hydrogens is 456 g/mol. The average Bonchev–Trinajstić information content (AvgIpc) is 3.61. The van der Waals surface area contributed by atoms with Crippen LogP contribution in [0.2, 0.25) is 0 Å². The van der Waals surface area contributed by atoms with E-state index in [1.54, 1.807) is 0 Å². The number of Topliss-reactive ketones (excluding diaryl/α,β-unsaturated/α-hetero) is 1. The van der Waals surface area contributed by atoms with E-state index in [4.69, 9.17) is 0 Å². The van der Waals surface area contributed by atoms with Gasteiger partial charge in [0.1, 0.15) is 5.54 Å². The molecule has 4 heteroatoms. The van der Waals surface area contributed by atoms with Crippen LogP contribution in [0.1, 0.15) is 40.2 Å². The third-order valence-corrected chi connectivity index (χ3v) is 8.60. The van der Waals surface area contributed by atoms with E-state index in [1.807, 2.05) is 102 Å². The topological polar surface area (TPSA) is 40.6 Å². The molecule has 0 bridgehead atoms. The molecule has 182 valence electrons. The number of anilines is 2. The van der Waals surface area contributed by atoms with Crippen LogP contribution in [0, 0.1) is 5.92 Å². The summed E-state index contributed by atoms with van der Waals surface area (Å²) in [4.78, 5) is 33.8. The Labute approximate surface area is 217 Å². The Kier molecular flexibility index (Phi) is 5.12. The molecule has 4 nitrogen and oxygen atoms in total. The molecule has 0 aromatic heterocycles. The maximum Gasteiger partial charge on any atom is 0.257 e. The maximum absolute atomic E-state index is 15.0. The van der Waals surface area contributed by atoms with Gasteiger partial charge in [-0.3, -0.25) is 19.4 Å². The molecule has 0 saturated carbocycles. The number of nitrogens with zero attached hydrogens (tertiary/aromatic N) is 2. The monoisotopic (exact) mass is 484 g/mol. The van der Waals surface area contributed by atoms with Crippen molar-refractivity contribution in [2.45, 2.75) is 30.3 Å². The van der Waals surface area contributed by atoms with Crippen LogP contribution in [0.5, 0.6) is 0 Å². The van der Waals surface area contributed by atoms with Crippen LogP contribution < -0.4 is 4.90 Å². The van der Waals surface area contributed by atoms with Crippen molar-refractivity contribution in [1.82, 2.24) is 4.90 Å². The molecule has 0 N–H and O–H groups in total. The second-order valence-corrected chi connectivity index (χ2v) is 10.3. The first kappa shape index (κ1) is 22.2. The molecular formula is C33H28N2O2. The van der Waals surface area contributed by atoms with Crippen LogP contribution in [0.15, 0.2) is 115 Å². The zero-order valence-corrected chi connectivity index (χ0v) is 20.5. The number of rotatable bonds is 4. The molecule has 37 heavy (non-hydrogen) atoms. The minimum absolute atomic E-state index is 0.0143. The minimum Gasteiger partial charge on any atom is -0.294 e. The van der Waals surface area contributed by atoms with Crippen molar-refractivity contribution in [3.63, 3.8) is 0 Å². The van der Waals surface area contributed by atoms with Gasteiger partial charge in [0.25, 0.3) is 5.91 Å². The molecule has 4 atom stereocenters. The number of para-hydroxylation sites is 2. The zero-order chi connectivity index (χ0) is 25.0. The zero-order valence-electron chi connectivity index (χ0n) is 20.5. The Morgan fingerprint density at radius 3 is 2.11 bits per heavy atom. The number of benzene rings is 4. The summed E-state index contributed by atoms with van der Waals surface area (Å²) < 4.78 is 0. The van der Waals surface area contributed by atoms with Crippen molar-refractivity contribution in [1.29, 1.82) is 0 Å². The highest BCUT2D eigenvalue weighted by Crippen LogP contribution is 2.63. The van der Waals surface area contributed by atoms with Crippen LogP contribution in [0.25, 0.3) is 0 Å². The summed E-state index contributed by atoms with van der Waals surface area (Å²) in [5, 5.41) is 0. The number of hydrogen-bond acceptors (Lipinski definition) is 3. The summed E-state index contributed by atoms with van der Waals surface area (Å²) in [5.41, 5.74) is 3.40. The molecule has 3 aliphatic heterocycles. The molecule has 0 aliphatic carbocycles. The molecule has 2 saturated heterocycles. The summed E-state index contributed by atoms with van der Waals surface area (Å²) in [6.07, 6.45) is 1.99. The summed E-state index contributed by atoms with van der Waals surface area (Å²) in [6, 6.07) is 38.0. The van der Waals surface area contributed by atoms with Gasteiger partial charge in [0, 0.05) is 28.8 Å². The summed E-state index contributed by atoms with van der Waals surface area (Å²) in [6.45, 7) is 0.801. The van der Waals surface area contributed by atoms with Crippen LogP contribution in [0.4, 0.5) is 11.4 Å². The van der Waals surface area contributed by atoms with Gasteiger partial charge in [-0.2, -0.15) is 0 Å². The van der Waals surface area contributed by atoms with E-state index in [2.05, 4.69) is 23.1 Å². The lowest BCUT2D eigenvalue weighted by atomic mass is 9.69.